The molecule has 2 amide bonds. The maximum absolute atomic E-state index is 13.7. The quantitative estimate of drug-likeness (QED) is 0.640. The van der Waals surface area contributed by atoms with Gasteiger partial charge in [-0.25, -0.2) is 4.98 Å². The SMILES string of the molecule is C[C@@H]1CN([C@H](C)CO)C(=O)c2cc(-c3cccc(C#N)c3)cnc2O[C@H]1CN(C)C(=O)C1CCOCC1. The Kier molecular flexibility index (Phi) is 8.41. The largest absolute Gasteiger partial charge is 0.472 e. The molecule has 9 nitrogen and oxygen atoms in total. The number of hydrogen-bond acceptors (Lipinski definition) is 7. The van der Waals surface area contributed by atoms with E-state index < -0.39 is 12.1 Å². The van der Waals surface area contributed by atoms with Crippen LogP contribution in [0, 0.1) is 23.2 Å². The second-order valence-electron chi connectivity index (χ2n) is 10.00. The van der Waals surface area contributed by atoms with Crippen LogP contribution in [0.15, 0.2) is 36.5 Å². The first-order valence-corrected chi connectivity index (χ1v) is 12.7. The first-order valence-electron chi connectivity index (χ1n) is 12.7. The zero-order valence-corrected chi connectivity index (χ0v) is 21.6. The molecule has 1 aromatic heterocycles. The summed E-state index contributed by atoms with van der Waals surface area (Å²) in [6, 6.07) is 10.5. The Morgan fingerprint density at radius 1 is 1.30 bits per heavy atom. The molecule has 0 saturated carbocycles. The topological polar surface area (TPSA) is 116 Å². The zero-order valence-electron chi connectivity index (χ0n) is 21.6. The summed E-state index contributed by atoms with van der Waals surface area (Å²) in [6.07, 6.45) is 2.64. The molecular weight excluding hydrogens is 472 g/mol. The van der Waals surface area contributed by atoms with E-state index in [-0.39, 0.29) is 41.7 Å². The minimum atomic E-state index is -0.409. The van der Waals surface area contributed by atoms with Crippen molar-refractivity contribution in [2.45, 2.75) is 38.8 Å². The predicted molar refractivity (Wildman–Crippen MR) is 137 cm³/mol. The van der Waals surface area contributed by atoms with Crippen LogP contribution in [0.4, 0.5) is 0 Å². The number of aliphatic hydroxyl groups is 1. The lowest BCUT2D eigenvalue weighted by molar-refractivity contribution is -0.138. The van der Waals surface area contributed by atoms with Crippen molar-refractivity contribution < 1.29 is 24.2 Å². The highest BCUT2D eigenvalue weighted by Gasteiger charge is 2.35. The van der Waals surface area contributed by atoms with Crippen molar-refractivity contribution >= 4 is 11.8 Å². The smallest absolute Gasteiger partial charge is 0.259 e. The van der Waals surface area contributed by atoms with E-state index in [2.05, 4.69) is 11.1 Å². The van der Waals surface area contributed by atoms with Crippen molar-refractivity contribution in [2.24, 2.45) is 11.8 Å². The lowest BCUT2D eigenvalue weighted by Crippen LogP contribution is -2.51. The van der Waals surface area contributed by atoms with Gasteiger partial charge in [0.25, 0.3) is 5.91 Å². The second-order valence-corrected chi connectivity index (χ2v) is 10.00. The molecule has 0 aliphatic carbocycles. The average molecular weight is 507 g/mol. The molecule has 2 aromatic rings. The number of hydrogen-bond donors (Lipinski definition) is 1. The molecule has 196 valence electrons. The minimum absolute atomic E-state index is 0.0627. The van der Waals surface area contributed by atoms with Crippen molar-refractivity contribution in [1.29, 1.82) is 5.26 Å². The van der Waals surface area contributed by atoms with Gasteiger partial charge in [-0.1, -0.05) is 19.1 Å². The number of aromatic nitrogens is 1. The molecule has 2 aliphatic heterocycles. The van der Waals surface area contributed by atoms with Gasteiger partial charge < -0.3 is 24.4 Å². The van der Waals surface area contributed by atoms with E-state index >= 15 is 0 Å². The lowest BCUT2D eigenvalue weighted by atomic mass is 9.96. The molecule has 9 heteroatoms. The van der Waals surface area contributed by atoms with Crippen LogP contribution in [0.25, 0.3) is 11.1 Å². The van der Waals surface area contributed by atoms with Crippen molar-refractivity contribution in [3.63, 3.8) is 0 Å². The summed E-state index contributed by atoms with van der Waals surface area (Å²) < 4.78 is 11.7. The molecule has 2 aliphatic rings. The number of likely N-dealkylation sites (N-methyl/N-ethyl adjacent to an activating group) is 1. The van der Waals surface area contributed by atoms with Gasteiger partial charge in [-0.3, -0.25) is 9.59 Å². The van der Waals surface area contributed by atoms with Gasteiger partial charge in [0, 0.05) is 50.4 Å². The van der Waals surface area contributed by atoms with E-state index in [4.69, 9.17) is 9.47 Å². The number of carbonyl (C=O) groups excluding carboxylic acids is 2. The number of aliphatic hydroxyl groups excluding tert-OH is 1. The summed E-state index contributed by atoms with van der Waals surface area (Å²) in [5.74, 6) is -0.196. The average Bonchev–Trinajstić information content (AvgIpc) is 2.94. The summed E-state index contributed by atoms with van der Waals surface area (Å²) in [5, 5.41) is 19.2. The Morgan fingerprint density at radius 3 is 2.76 bits per heavy atom. The molecule has 0 spiro atoms. The molecule has 1 saturated heterocycles. The molecule has 3 atom stereocenters. The van der Waals surface area contributed by atoms with E-state index in [1.165, 1.54) is 0 Å². The maximum Gasteiger partial charge on any atom is 0.259 e. The molecule has 0 bridgehead atoms. The first-order chi connectivity index (χ1) is 17.8. The Labute approximate surface area is 217 Å². The van der Waals surface area contributed by atoms with Gasteiger partial charge in [0.2, 0.25) is 11.8 Å². The van der Waals surface area contributed by atoms with E-state index in [0.29, 0.717) is 50.3 Å². The molecule has 4 rings (SSSR count). The van der Waals surface area contributed by atoms with Crippen LogP contribution in [-0.4, -0.2) is 83.8 Å². The molecule has 37 heavy (non-hydrogen) atoms. The fourth-order valence-electron chi connectivity index (χ4n) is 4.86. The third-order valence-electron chi connectivity index (χ3n) is 7.25. The van der Waals surface area contributed by atoms with Gasteiger partial charge in [0.05, 0.1) is 30.8 Å². The standard InChI is InChI=1S/C28H34N4O5/c1-18-15-32(19(2)17-33)28(35)24-12-23(22-6-4-5-20(11-22)13-29)14-30-26(24)37-25(18)16-31(3)27(34)21-7-9-36-10-8-21/h4-6,11-12,14,18-19,21,25,33H,7-10,15-17H2,1-3H3/t18-,19-,25+/m1/s1. The second kappa shape index (κ2) is 11.7. The van der Waals surface area contributed by atoms with Crippen LogP contribution in [0.5, 0.6) is 5.88 Å². The number of nitriles is 1. The summed E-state index contributed by atoms with van der Waals surface area (Å²) in [4.78, 5) is 34.6. The molecule has 1 N–H and O–H groups in total. The highest BCUT2D eigenvalue weighted by Crippen LogP contribution is 2.31. The number of ether oxygens (including phenoxy) is 2. The summed E-state index contributed by atoms with van der Waals surface area (Å²) in [5.41, 5.74) is 2.24. The fourth-order valence-corrected chi connectivity index (χ4v) is 4.86. The predicted octanol–water partition coefficient (Wildman–Crippen LogP) is 2.73. The van der Waals surface area contributed by atoms with Gasteiger partial charge in [0.15, 0.2) is 0 Å². The molecule has 1 fully saturated rings. The molecule has 1 aromatic carbocycles. The van der Waals surface area contributed by atoms with E-state index in [0.717, 1.165) is 5.56 Å². The molecular formula is C28H34N4O5. The van der Waals surface area contributed by atoms with Gasteiger partial charge in [-0.15, -0.1) is 0 Å². The summed E-state index contributed by atoms with van der Waals surface area (Å²) >= 11 is 0. The number of rotatable bonds is 6. The highest BCUT2D eigenvalue weighted by molar-refractivity contribution is 5.98. The van der Waals surface area contributed by atoms with E-state index in [1.807, 2.05) is 13.0 Å². The normalized spacial score (nSPS) is 21.2. The molecule has 3 heterocycles. The third kappa shape index (κ3) is 5.92. The third-order valence-corrected chi connectivity index (χ3v) is 7.25. The van der Waals surface area contributed by atoms with Crippen LogP contribution < -0.4 is 4.74 Å². The van der Waals surface area contributed by atoms with Crippen LogP contribution in [0.2, 0.25) is 0 Å². The van der Waals surface area contributed by atoms with Gasteiger partial charge in [-0.05, 0) is 43.5 Å². The zero-order chi connectivity index (χ0) is 26.5. The number of carbonyl (C=O) groups is 2. The van der Waals surface area contributed by atoms with Crippen molar-refractivity contribution in [1.82, 2.24) is 14.8 Å². The van der Waals surface area contributed by atoms with Gasteiger partial charge in [0.1, 0.15) is 11.7 Å². The van der Waals surface area contributed by atoms with Crippen molar-refractivity contribution in [2.75, 3.05) is 40.0 Å². The molecule has 0 unspecified atom stereocenters. The van der Waals surface area contributed by atoms with Crippen molar-refractivity contribution in [3.8, 4) is 23.1 Å². The van der Waals surface area contributed by atoms with Gasteiger partial charge in [-0.2, -0.15) is 5.26 Å². The van der Waals surface area contributed by atoms with Crippen LogP contribution >= 0.6 is 0 Å². The van der Waals surface area contributed by atoms with Crippen molar-refractivity contribution in [3.05, 3.63) is 47.7 Å². The number of amides is 2. The Bertz CT molecular complexity index is 1170. The monoisotopic (exact) mass is 506 g/mol. The maximum atomic E-state index is 13.7. The number of nitrogens with zero attached hydrogens (tertiary/aromatic N) is 4. The number of benzene rings is 1. The number of fused-ring (bicyclic) bond motifs is 1. The Morgan fingerprint density at radius 2 is 2.05 bits per heavy atom. The van der Waals surface area contributed by atoms with Crippen LogP contribution in [0.3, 0.4) is 0 Å². The Hall–Kier alpha value is -3.48. The Balaban J connectivity index is 1.66. The van der Waals surface area contributed by atoms with Crippen LogP contribution in [-0.2, 0) is 9.53 Å². The van der Waals surface area contributed by atoms with E-state index in [1.54, 1.807) is 54.2 Å². The number of pyridine rings is 1. The summed E-state index contributed by atoms with van der Waals surface area (Å²) in [6.45, 7) is 5.49. The first kappa shape index (κ1) is 26.6. The fraction of sp³-hybridized carbons (Fsp3) is 0.500. The molecule has 0 radical (unpaired) electrons. The van der Waals surface area contributed by atoms with Gasteiger partial charge >= 0.3 is 0 Å². The highest BCUT2D eigenvalue weighted by atomic mass is 16.5. The summed E-state index contributed by atoms with van der Waals surface area (Å²) in [7, 11) is 1.78. The minimum Gasteiger partial charge on any atom is -0.472 e. The lowest BCUT2D eigenvalue weighted by Gasteiger charge is -2.38. The van der Waals surface area contributed by atoms with E-state index in [9.17, 15) is 20.0 Å². The van der Waals surface area contributed by atoms with Crippen LogP contribution in [0.1, 0.15) is 42.6 Å².